The van der Waals surface area contributed by atoms with Crippen molar-refractivity contribution in [1.29, 1.82) is 0 Å². The summed E-state index contributed by atoms with van der Waals surface area (Å²) in [5.41, 5.74) is 2.20. The minimum atomic E-state index is -3.79. The number of carbonyl (C=O) groups is 2. The third kappa shape index (κ3) is 6.56. The number of nitrogens with one attached hydrogen (secondary N) is 1. The molecule has 0 aliphatic carbocycles. The third-order valence-corrected chi connectivity index (χ3v) is 8.49. The fraction of sp³-hybridized carbons (Fsp3) is 0.320. The van der Waals surface area contributed by atoms with Crippen LogP contribution in [0.4, 0.5) is 0 Å². The molecular formula is C25H26N4O5S3. The molecule has 0 aliphatic rings. The van der Waals surface area contributed by atoms with Crippen LogP contribution < -0.4 is 5.32 Å². The maximum absolute atomic E-state index is 12.9. The normalized spacial score (nSPS) is 12.9. The van der Waals surface area contributed by atoms with Gasteiger partial charge in [-0.05, 0) is 63.1 Å². The minimum absolute atomic E-state index is 0.0880. The van der Waals surface area contributed by atoms with Crippen molar-refractivity contribution in [2.75, 3.05) is 6.26 Å². The van der Waals surface area contributed by atoms with Crippen molar-refractivity contribution >= 4 is 54.6 Å². The Morgan fingerprint density at radius 2 is 1.70 bits per heavy atom. The summed E-state index contributed by atoms with van der Waals surface area (Å²) in [4.78, 5) is 29.7. The average Bonchev–Trinajstić information content (AvgIpc) is 3.40. The van der Waals surface area contributed by atoms with Crippen LogP contribution in [0.15, 0.2) is 42.5 Å². The molecule has 0 fully saturated rings. The van der Waals surface area contributed by atoms with E-state index in [0.717, 1.165) is 38.4 Å². The van der Waals surface area contributed by atoms with E-state index in [-0.39, 0.29) is 11.6 Å². The van der Waals surface area contributed by atoms with Gasteiger partial charge < -0.3 is 10.1 Å². The quantitative estimate of drug-likeness (QED) is 0.329. The SMILES string of the molecule is Cc1nnc(CNC(=O)C(c2nc3ccc(-c4ccc(C(=O)OC(C)(C)C)cc4)cc3s2)S(C)(=O)=O)s1. The molecule has 9 nitrogen and oxygen atoms in total. The lowest BCUT2D eigenvalue weighted by Gasteiger charge is -2.19. The van der Waals surface area contributed by atoms with E-state index < -0.39 is 32.6 Å². The number of carbonyl (C=O) groups excluding carboxylic acids is 2. The van der Waals surface area contributed by atoms with E-state index in [1.165, 1.54) is 11.3 Å². The monoisotopic (exact) mass is 558 g/mol. The van der Waals surface area contributed by atoms with Gasteiger partial charge in [0.25, 0.3) is 0 Å². The molecule has 0 spiro atoms. The number of hydrogen-bond acceptors (Lipinski definition) is 10. The highest BCUT2D eigenvalue weighted by molar-refractivity contribution is 7.91. The lowest BCUT2D eigenvalue weighted by atomic mass is 10.0. The first-order valence-corrected chi connectivity index (χ1v) is 14.9. The molecule has 37 heavy (non-hydrogen) atoms. The summed E-state index contributed by atoms with van der Waals surface area (Å²) in [5.74, 6) is -1.06. The van der Waals surface area contributed by atoms with Crippen LogP contribution in [0.25, 0.3) is 21.3 Å². The maximum atomic E-state index is 12.9. The Morgan fingerprint density at radius 3 is 2.30 bits per heavy atom. The molecule has 1 amide bonds. The first-order valence-electron chi connectivity index (χ1n) is 11.3. The van der Waals surface area contributed by atoms with Crippen LogP contribution in [0, 0.1) is 6.92 Å². The predicted octanol–water partition coefficient (Wildman–Crippen LogP) is 4.48. The number of ether oxygens (including phenoxy) is 1. The molecule has 2 heterocycles. The lowest BCUT2D eigenvalue weighted by molar-refractivity contribution is -0.120. The first kappa shape index (κ1) is 26.8. The molecule has 2 aromatic carbocycles. The Labute approximate surface area is 222 Å². The van der Waals surface area contributed by atoms with E-state index >= 15 is 0 Å². The van der Waals surface area contributed by atoms with Crippen molar-refractivity contribution in [3.05, 3.63) is 63.1 Å². The summed E-state index contributed by atoms with van der Waals surface area (Å²) < 4.78 is 31.3. The van der Waals surface area contributed by atoms with Crippen molar-refractivity contribution in [2.45, 2.75) is 45.1 Å². The van der Waals surface area contributed by atoms with Crippen LogP contribution in [-0.4, -0.2) is 47.3 Å². The zero-order chi connectivity index (χ0) is 27.0. The Kier molecular flexibility index (Phi) is 7.45. The van der Waals surface area contributed by atoms with E-state index in [4.69, 9.17) is 4.74 Å². The van der Waals surface area contributed by atoms with E-state index in [1.54, 1.807) is 25.1 Å². The van der Waals surface area contributed by atoms with Crippen LogP contribution in [-0.2, 0) is 25.9 Å². The van der Waals surface area contributed by atoms with E-state index in [9.17, 15) is 18.0 Å². The molecule has 1 unspecified atom stereocenters. The van der Waals surface area contributed by atoms with Gasteiger partial charge in [-0.2, -0.15) is 0 Å². The standard InChI is InChI=1S/C25H26N4O5S3/c1-14-28-29-20(35-14)13-26-22(30)21(37(5,32)33)23-27-18-11-10-17(12-19(18)36-23)15-6-8-16(9-7-15)24(31)34-25(2,3)4/h6-12,21H,13H2,1-5H3,(H,26,30). The summed E-state index contributed by atoms with van der Waals surface area (Å²) in [6.45, 7) is 7.33. The second kappa shape index (κ2) is 10.3. The molecule has 4 rings (SSSR count). The summed E-state index contributed by atoms with van der Waals surface area (Å²) in [5, 5.41) is 10.6. The molecule has 0 saturated carbocycles. The molecule has 2 aromatic heterocycles. The second-order valence-corrected chi connectivity index (χ2v) is 13.9. The van der Waals surface area contributed by atoms with E-state index in [1.807, 2.05) is 45.0 Å². The van der Waals surface area contributed by atoms with Crippen molar-refractivity contribution in [3.8, 4) is 11.1 Å². The van der Waals surface area contributed by atoms with Crippen molar-refractivity contribution in [3.63, 3.8) is 0 Å². The van der Waals surface area contributed by atoms with Crippen LogP contribution >= 0.6 is 22.7 Å². The van der Waals surface area contributed by atoms with Crippen molar-refractivity contribution in [2.24, 2.45) is 0 Å². The van der Waals surface area contributed by atoms with Gasteiger partial charge in [0.2, 0.25) is 5.91 Å². The van der Waals surface area contributed by atoms with Gasteiger partial charge in [0, 0.05) is 6.26 Å². The molecule has 4 aromatic rings. The summed E-state index contributed by atoms with van der Waals surface area (Å²) in [6.07, 6.45) is 1.02. The van der Waals surface area contributed by atoms with E-state index in [0.29, 0.717) is 16.1 Å². The van der Waals surface area contributed by atoms with Crippen molar-refractivity contribution < 1.29 is 22.7 Å². The molecule has 194 valence electrons. The lowest BCUT2D eigenvalue weighted by Crippen LogP contribution is -2.33. The number of fused-ring (bicyclic) bond motifs is 1. The summed E-state index contributed by atoms with van der Waals surface area (Å²) in [6, 6.07) is 12.6. The zero-order valence-electron chi connectivity index (χ0n) is 20.9. The maximum Gasteiger partial charge on any atom is 0.338 e. The molecule has 0 saturated heterocycles. The number of aromatic nitrogens is 3. The van der Waals surface area contributed by atoms with Gasteiger partial charge in [-0.1, -0.05) is 29.5 Å². The topological polar surface area (TPSA) is 128 Å². The summed E-state index contributed by atoms with van der Waals surface area (Å²) in [7, 11) is -3.79. The Hall–Kier alpha value is -3.22. The van der Waals surface area contributed by atoms with E-state index in [2.05, 4.69) is 20.5 Å². The Morgan fingerprint density at radius 1 is 1.03 bits per heavy atom. The smallest absolute Gasteiger partial charge is 0.338 e. The third-order valence-electron chi connectivity index (χ3n) is 5.13. The van der Waals surface area contributed by atoms with Gasteiger partial charge in [0.15, 0.2) is 15.1 Å². The highest BCUT2D eigenvalue weighted by Gasteiger charge is 2.34. The number of esters is 1. The van der Waals surface area contributed by atoms with Gasteiger partial charge in [-0.15, -0.1) is 21.5 Å². The number of nitrogens with zero attached hydrogens (tertiary/aromatic N) is 3. The average molecular weight is 559 g/mol. The largest absolute Gasteiger partial charge is 0.456 e. The highest BCUT2D eigenvalue weighted by atomic mass is 32.2. The molecule has 0 radical (unpaired) electrons. The van der Waals surface area contributed by atoms with Crippen LogP contribution in [0.2, 0.25) is 0 Å². The van der Waals surface area contributed by atoms with Gasteiger partial charge in [-0.3, -0.25) is 4.79 Å². The highest BCUT2D eigenvalue weighted by Crippen LogP contribution is 2.33. The summed E-state index contributed by atoms with van der Waals surface area (Å²) >= 11 is 2.49. The molecule has 1 N–H and O–H groups in total. The van der Waals surface area contributed by atoms with Gasteiger partial charge in [0.05, 0.1) is 22.3 Å². The molecule has 12 heteroatoms. The van der Waals surface area contributed by atoms with Crippen LogP contribution in [0.3, 0.4) is 0 Å². The fourth-order valence-corrected chi connectivity index (χ4v) is 6.72. The Balaban J connectivity index is 1.57. The number of benzene rings is 2. The number of hydrogen-bond donors (Lipinski definition) is 1. The van der Waals surface area contributed by atoms with Gasteiger partial charge in [-0.25, -0.2) is 18.2 Å². The number of amides is 1. The number of aryl methyl sites for hydroxylation is 1. The Bertz CT molecular complexity index is 1570. The predicted molar refractivity (Wildman–Crippen MR) is 144 cm³/mol. The minimum Gasteiger partial charge on any atom is -0.456 e. The first-order chi connectivity index (χ1) is 17.3. The number of rotatable bonds is 7. The van der Waals surface area contributed by atoms with Gasteiger partial charge >= 0.3 is 5.97 Å². The van der Waals surface area contributed by atoms with Crippen molar-refractivity contribution in [1.82, 2.24) is 20.5 Å². The van der Waals surface area contributed by atoms with Gasteiger partial charge in [0.1, 0.15) is 20.6 Å². The van der Waals surface area contributed by atoms with Crippen LogP contribution in [0.1, 0.15) is 51.4 Å². The fourth-order valence-electron chi connectivity index (χ4n) is 3.52. The number of thiazole rings is 1. The van der Waals surface area contributed by atoms with Crippen LogP contribution in [0.5, 0.6) is 0 Å². The molecule has 1 atom stereocenters. The second-order valence-electron chi connectivity index (χ2n) is 9.46. The molecule has 0 aliphatic heterocycles. The molecular weight excluding hydrogens is 532 g/mol. The zero-order valence-corrected chi connectivity index (χ0v) is 23.4. The molecule has 0 bridgehead atoms. The number of sulfone groups is 1.